The molecule has 19 heavy (non-hydrogen) atoms. The predicted molar refractivity (Wildman–Crippen MR) is 81.2 cm³/mol. The smallest absolute Gasteiger partial charge is 0.123 e. The van der Waals surface area contributed by atoms with Gasteiger partial charge < -0.3 is 5.32 Å². The molecule has 0 amide bonds. The van der Waals surface area contributed by atoms with Gasteiger partial charge in [0, 0.05) is 4.47 Å². The normalized spacial score (nSPS) is 12.5. The van der Waals surface area contributed by atoms with E-state index in [9.17, 15) is 4.39 Å². The molecule has 1 atom stereocenters. The van der Waals surface area contributed by atoms with Crippen LogP contribution in [0.15, 0.2) is 40.9 Å². The second-order valence-corrected chi connectivity index (χ2v) is 5.60. The molecule has 2 aromatic rings. The Bertz CT molecular complexity index is 599. The zero-order chi connectivity index (χ0) is 14.0. The monoisotopic (exact) mass is 341 g/mol. The van der Waals surface area contributed by atoms with Gasteiger partial charge in [-0.15, -0.1) is 0 Å². The Kier molecular flexibility index (Phi) is 4.61. The van der Waals surface area contributed by atoms with Gasteiger partial charge in [0.2, 0.25) is 0 Å². The maximum Gasteiger partial charge on any atom is 0.123 e. The van der Waals surface area contributed by atoms with E-state index in [0.717, 1.165) is 21.2 Å². The van der Waals surface area contributed by atoms with Crippen molar-refractivity contribution in [3.63, 3.8) is 0 Å². The molecule has 0 spiro atoms. The summed E-state index contributed by atoms with van der Waals surface area (Å²) in [5.74, 6) is -0.244. The fraction of sp³-hybridized carbons (Fsp3) is 0.200. The van der Waals surface area contributed by atoms with Gasteiger partial charge in [0.25, 0.3) is 0 Å². The van der Waals surface area contributed by atoms with Gasteiger partial charge in [-0.1, -0.05) is 29.8 Å². The van der Waals surface area contributed by atoms with Crippen LogP contribution < -0.4 is 5.32 Å². The van der Waals surface area contributed by atoms with Gasteiger partial charge in [0.15, 0.2) is 0 Å². The van der Waals surface area contributed by atoms with Crippen molar-refractivity contribution in [1.29, 1.82) is 0 Å². The zero-order valence-electron chi connectivity index (χ0n) is 10.7. The Morgan fingerprint density at radius 1 is 1.21 bits per heavy atom. The first-order chi connectivity index (χ1) is 9.04. The van der Waals surface area contributed by atoms with Crippen molar-refractivity contribution >= 4 is 27.5 Å². The minimum Gasteiger partial charge on any atom is -0.309 e. The summed E-state index contributed by atoms with van der Waals surface area (Å²) in [5, 5.41) is 3.84. The Morgan fingerprint density at radius 3 is 2.63 bits per heavy atom. The highest BCUT2D eigenvalue weighted by Gasteiger charge is 2.18. The number of hydrogen-bond donors (Lipinski definition) is 1. The minimum atomic E-state index is -0.244. The van der Waals surface area contributed by atoms with Crippen molar-refractivity contribution < 1.29 is 4.39 Å². The van der Waals surface area contributed by atoms with Crippen molar-refractivity contribution in [2.45, 2.75) is 13.0 Å². The molecular formula is C15H14BrClFN. The Labute approximate surface area is 125 Å². The maximum absolute atomic E-state index is 13.5. The van der Waals surface area contributed by atoms with Crippen LogP contribution in [0.1, 0.15) is 22.7 Å². The molecule has 100 valence electrons. The van der Waals surface area contributed by atoms with Crippen LogP contribution >= 0.6 is 27.5 Å². The van der Waals surface area contributed by atoms with E-state index in [4.69, 9.17) is 11.6 Å². The van der Waals surface area contributed by atoms with Crippen molar-refractivity contribution in [1.82, 2.24) is 5.32 Å². The third-order valence-electron chi connectivity index (χ3n) is 3.13. The summed E-state index contributed by atoms with van der Waals surface area (Å²) in [4.78, 5) is 0. The molecule has 0 saturated heterocycles. The molecule has 0 aliphatic rings. The average Bonchev–Trinajstić information content (AvgIpc) is 2.39. The summed E-state index contributed by atoms with van der Waals surface area (Å²) in [6, 6.07) is 10.4. The molecule has 0 aliphatic carbocycles. The van der Waals surface area contributed by atoms with Crippen molar-refractivity contribution in [3.8, 4) is 0 Å². The number of nitrogens with one attached hydrogen (secondary N) is 1. The highest BCUT2D eigenvalue weighted by molar-refractivity contribution is 9.10. The maximum atomic E-state index is 13.5. The third kappa shape index (κ3) is 2.99. The van der Waals surface area contributed by atoms with Gasteiger partial charge in [0.1, 0.15) is 5.82 Å². The third-order valence-corrected chi connectivity index (χ3v) is 4.44. The van der Waals surface area contributed by atoms with E-state index >= 15 is 0 Å². The van der Waals surface area contributed by atoms with Gasteiger partial charge in [-0.25, -0.2) is 4.39 Å². The lowest BCUT2D eigenvalue weighted by Gasteiger charge is -2.21. The fourth-order valence-electron chi connectivity index (χ4n) is 2.14. The van der Waals surface area contributed by atoms with E-state index in [1.807, 2.05) is 32.2 Å². The topological polar surface area (TPSA) is 12.0 Å². The molecule has 1 unspecified atom stereocenters. The molecule has 0 heterocycles. The van der Waals surface area contributed by atoms with Crippen molar-refractivity contribution in [3.05, 3.63) is 68.4 Å². The average molecular weight is 343 g/mol. The second kappa shape index (κ2) is 6.04. The van der Waals surface area contributed by atoms with Gasteiger partial charge in [-0.3, -0.25) is 0 Å². The van der Waals surface area contributed by atoms with Crippen LogP contribution in [-0.4, -0.2) is 7.05 Å². The first-order valence-electron chi connectivity index (χ1n) is 5.92. The molecule has 0 radical (unpaired) electrons. The lowest BCUT2D eigenvalue weighted by atomic mass is 9.95. The van der Waals surface area contributed by atoms with Crippen LogP contribution in [0, 0.1) is 12.7 Å². The summed E-state index contributed by atoms with van der Waals surface area (Å²) in [7, 11) is 1.84. The molecule has 0 aliphatic heterocycles. The number of aryl methyl sites for hydroxylation is 1. The molecule has 0 fully saturated rings. The van der Waals surface area contributed by atoms with E-state index in [2.05, 4.69) is 21.2 Å². The highest BCUT2D eigenvalue weighted by atomic mass is 79.9. The quantitative estimate of drug-likeness (QED) is 0.840. The van der Waals surface area contributed by atoms with Crippen molar-refractivity contribution in [2.24, 2.45) is 0 Å². The lowest BCUT2D eigenvalue weighted by Crippen LogP contribution is -2.19. The number of rotatable bonds is 3. The second-order valence-electron chi connectivity index (χ2n) is 4.37. The Morgan fingerprint density at radius 2 is 1.95 bits per heavy atom. The van der Waals surface area contributed by atoms with Gasteiger partial charge in [-0.2, -0.15) is 0 Å². The van der Waals surface area contributed by atoms with E-state index < -0.39 is 0 Å². The Balaban J connectivity index is 2.56. The number of halogens is 3. The molecular weight excluding hydrogens is 329 g/mol. The first kappa shape index (κ1) is 14.5. The summed E-state index contributed by atoms with van der Waals surface area (Å²) >= 11 is 9.74. The van der Waals surface area contributed by atoms with Crippen LogP contribution in [0.25, 0.3) is 0 Å². The predicted octanol–water partition coefficient (Wildman–Crippen LogP) is 4.86. The standard InChI is InChI=1S/C15H14BrClFN/c1-9-6-7-10(18)8-12(9)15(19-2)11-4-3-5-13(16)14(11)17/h3-8,15,19H,1-2H3. The van der Waals surface area contributed by atoms with Crippen LogP contribution in [0.4, 0.5) is 4.39 Å². The molecule has 2 aromatic carbocycles. The van der Waals surface area contributed by atoms with Crippen molar-refractivity contribution in [2.75, 3.05) is 7.05 Å². The summed E-state index contributed by atoms with van der Waals surface area (Å²) < 4.78 is 14.3. The van der Waals surface area contributed by atoms with E-state index in [0.29, 0.717) is 5.02 Å². The van der Waals surface area contributed by atoms with Gasteiger partial charge >= 0.3 is 0 Å². The fourth-order valence-corrected chi connectivity index (χ4v) is 2.76. The van der Waals surface area contributed by atoms with E-state index in [-0.39, 0.29) is 11.9 Å². The summed E-state index contributed by atoms with van der Waals surface area (Å²) in [6.45, 7) is 1.96. The van der Waals surface area contributed by atoms with E-state index in [1.54, 1.807) is 12.1 Å². The molecule has 0 aromatic heterocycles. The molecule has 0 saturated carbocycles. The molecule has 1 nitrogen and oxygen atoms in total. The lowest BCUT2D eigenvalue weighted by molar-refractivity contribution is 0.615. The number of benzene rings is 2. The van der Waals surface area contributed by atoms with E-state index in [1.165, 1.54) is 6.07 Å². The van der Waals surface area contributed by atoms with Crippen LogP contribution in [0.2, 0.25) is 5.02 Å². The van der Waals surface area contributed by atoms with Crippen LogP contribution in [0.3, 0.4) is 0 Å². The zero-order valence-corrected chi connectivity index (χ0v) is 13.0. The SMILES string of the molecule is CNC(c1cc(F)ccc1C)c1cccc(Br)c1Cl. The van der Waals surface area contributed by atoms with Crippen LogP contribution in [0.5, 0.6) is 0 Å². The molecule has 1 N–H and O–H groups in total. The van der Waals surface area contributed by atoms with Gasteiger partial charge in [-0.05, 0) is 64.8 Å². The van der Waals surface area contributed by atoms with Crippen LogP contribution in [-0.2, 0) is 0 Å². The largest absolute Gasteiger partial charge is 0.309 e. The summed E-state index contributed by atoms with van der Waals surface area (Å²) in [6.07, 6.45) is 0. The highest BCUT2D eigenvalue weighted by Crippen LogP contribution is 2.34. The van der Waals surface area contributed by atoms with Gasteiger partial charge in [0.05, 0.1) is 11.1 Å². The Hall–Kier alpha value is -0.900. The number of hydrogen-bond acceptors (Lipinski definition) is 1. The molecule has 2 rings (SSSR count). The first-order valence-corrected chi connectivity index (χ1v) is 7.09. The summed E-state index contributed by atoms with van der Waals surface area (Å²) in [5.41, 5.74) is 2.84. The minimum absolute atomic E-state index is 0.138. The molecule has 4 heteroatoms. The molecule has 0 bridgehead atoms.